The molecular formula is C25H22N2O6. The van der Waals surface area contributed by atoms with Crippen molar-refractivity contribution in [3.8, 4) is 0 Å². The zero-order valence-electron chi connectivity index (χ0n) is 18.0. The minimum atomic E-state index is -1.28. The zero-order chi connectivity index (χ0) is 23.8. The highest BCUT2D eigenvalue weighted by atomic mass is 16.5. The Kier molecular flexibility index (Phi) is 7.54. The van der Waals surface area contributed by atoms with Gasteiger partial charge in [-0.25, -0.2) is 9.59 Å². The summed E-state index contributed by atoms with van der Waals surface area (Å²) in [4.78, 5) is 50.7. The fourth-order valence-electron chi connectivity index (χ4n) is 3.24. The molecule has 0 heterocycles. The third-order valence-electron chi connectivity index (χ3n) is 4.84. The van der Waals surface area contributed by atoms with Crippen LogP contribution >= 0.6 is 0 Å². The molecule has 33 heavy (non-hydrogen) atoms. The van der Waals surface area contributed by atoms with E-state index in [9.17, 15) is 19.2 Å². The Morgan fingerprint density at radius 2 is 1.00 bits per heavy atom. The highest BCUT2D eigenvalue weighted by Crippen LogP contribution is 2.24. The van der Waals surface area contributed by atoms with Crippen LogP contribution in [0.15, 0.2) is 78.9 Å². The molecule has 0 unspecified atom stereocenters. The van der Waals surface area contributed by atoms with E-state index in [1.54, 1.807) is 54.6 Å². The normalized spacial score (nSPS) is 10.3. The Morgan fingerprint density at radius 1 is 0.606 bits per heavy atom. The number of carbonyl (C=O) groups is 4. The molecule has 0 aliphatic rings. The maximum atomic E-state index is 13.3. The summed E-state index contributed by atoms with van der Waals surface area (Å²) in [5, 5.41) is 5.29. The molecule has 8 heteroatoms. The largest absolute Gasteiger partial charge is 0.465 e. The third kappa shape index (κ3) is 5.43. The van der Waals surface area contributed by atoms with Crippen molar-refractivity contribution in [2.24, 2.45) is 0 Å². The van der Waals surface area contributed by atoms with Crippen LogP contribution in [0.4, 0.5) is 11.4 Å². The molecule has 0 saturated carbocycles. The summed E-state index contributed by atoms with van der Waals surface area (Å²) in [6, 6.07) is 21.1. The highest BCUT2D eigenvalue weighted by Gasteiger charge is 2.30. The van der Waals surface area contributed by atoms with Gasteiger partial charge in [0.05, 0.1) is 36.7 Å². The molecule has 3 rings (SSSR count). The second-order valence-electron chi connectivity index (χ2n) is 6.90. The van der Waals surface area contributed by atoms with Gasteiger partial charge in [0.2, 0.25) is 11.8 Å². The predicted molar refractivity (Wildman–Crippen MR) is 122 cm³/mol. The number of rotatable bonds is 7. The van der Waals surface area contributed by atoms with Crippen LogP contribution in [-0.4, -0.2) is 38.0 Å². The smallest absolute Gasteiger partial charge is 0.339 e. The lowest BCUT2D eigenvalue weighted by atomic mass is 9.96. The lowest BCUT2D eigenvalue weighted by Gasteiger charge is -2.19. The van der Waals surface area contributed by atoms with E-state index in [0.717, 1.165) is 0 Å². The van der Waals surface area contributed by atoms with Crippen molar-refractivity contribution in [1.29, 1.82) is 0 Å². The van der Waals surface area contributed by atoms with Gasteiger partial charge in [-0.3, -0.25) is 9.59 Å². The van der Waals surface area contributed by atoms with Gasteiger partial charge in [0, 0.05) is 0 Å². The van der Waals surface area contributed by atoms with Gasteiger partial charge in [0.25, 0.3) is 0 Å². The van der Waals surface area contributed by atoms with Crippen LogP contribution in [0.25, 0.3) is 0 Å². The van der Waals surface area contributed by atoms with E-state index in [2.05, 4.69) is 10.6 Å². The monoisotopic (exact) mass is 446 g/mol. The number of anilines is 2. The number of hydrogen-bond donors (Lipinski definition) is 2. The van der Waals surface area contributed by atoms with Crippen LogP contribution in [-0.2, 0) is 19.1 Å². The van der Waals surface area contributed by atoms with Crippen molar-refractivity contribution < 1.29 is 28.7 Å². The first kappa shape index (κ1) is 23.2. The maximum Gasteiger partial charge on any atom is 0.339 e. The Morgan fingerprint density at radius 3 is 1.42 bits per heavy atom. The Labute approximate surface area is 190 Å². The number of hydrogen-bond acceptors (Lipinski definition) is 6. The van der Waals surface area contributed by atoms with Gasteiger partial charge >= 0.3 is 11.9 Å². The quantitative estimate of drug-likeness (QED) is 0.424. The van der Waals surface area contributed by atoms with E-state index in [-0.39, 0.29) is 22.5 Å². The zero-order valence-corrected chi connectivity index (χ0v) is 18.0. The van der Waals surface area contributed by atoms with Gasteiger partial charge in [-0.05, 0) is 29.8 Å². The van der Waals surface area contributed by atoms with E-state index in [1.807, 2.05) is 0 Å². The van der Waals surface area contributed by atoms with Gasteiger partial charge in [0.1, 0.15) is 5.92 Å². The molecule has 3 aromatic rings. The van der Waals surface area contributed by atoms with Crippen LogP contribution in [0, 0.1) is 0 Å². The second kappa shape index (κ2) is 10.7. The van der Waals surface area contributed by atoms with Crippen molar-refractivity contribution in [2.45, 2.75) is 5.92 Å². The van der Waals surface area contributed by atoms with Crippen LogP contribution in [0.2, 0.25) is 0 Å². The maximum absolute atomic E-state index is 13.3. The molecule has 0 saturated heterocycles. The lowest BCUT2D eigenvalue weighted by molar-refractivity contribution is -0.125. The van der Waals surface area contributed by atoms with E-state index in [4.69, 9.17) is 9.47 Å². The van der Waals surface area contributed by atoms with Crippen molar-refractivity contribution in [2.75, 3.05) is 24.9 Å². The van der Waals surface area contributed by atoms with Crippen molar-refractivity contribution in [1.82, 2.24) is 0 Å². The predicted octanol–water partition coefficient (Wildman–Crippen LogP) is 3.62. The highest BCUT2D eigenvalue weighted by molar-refractivity contribution is 6.17. The number of methoxy groups -OCH3 is 2. The average molecular weight is 446 g/mol. The number of para-hydroxylation sites is 2. The van der Waals surface area contributed by atoms with Crippen LogP contribution in [0.3, 0.4) is 0 Å². The molecule has 0 aliphatic heterocycles. The first-order valence-electron chi connectivity index (χ1n) is 9.97. The molecule has 2 amide bonds. The molecule has 3 aromatic carbocycles. The summed E-state index contributed by atoms with van der Waals surface area (Å²) in [5.74, 6) is -3.85. The molecule has 2 N–H and O–H groups in total. The molecular weight excluding hydrogens is 424 g/mol. The average Bonchev–Trinajstić information content (AvgIpc) is 2.84. The molecule has 168 valence electrons. The van der Waals surface area contributed by atoms with Gasteiger partial charge in [-0.15, -0.1) is 0 Å². The third-order valence-corrected chi connectivity index (χ3v) is 4.84. The number of esters is 2. The minimum Gasteiger partial charge on any atom is -0.465 e. The van der Waals surface area contributed by atoms with E-state index in [1.165, 1.54) is 38.5 Å². The molecule has 0 bridgehead atoms. The first-order valence-corrected chi connectivity index (χ1v) is 9.97. The first-order chi connectivity index (χ1) is 16.0. The summed E-state index contributed by atoms with van der Waals surface area (Å²) < 4.78 is 9.53. The van der Waals surface area contributed by atoms with Crippen LogP contribution < -0.4 is 10.6 Å². The fourth-order valence-corrected chi connectivity index (χ4v) is 3.24. The molecule has 0 spiro atoms. The van der Waals surface area contributed by atoms with Crippen molar-refractivity contribution in [3.63, 3.8) is 0 Å². The molecule has 0 aliphatic carbocycles. The lowest BCUT2D eigenvalue weighted by Crippen LogP contribution is -2.33. The number of ether oxygens (including phenoxy) is 2. The summed E-state index contributed by atoms with van der Waals surface area (Å²) in [5.41, 5.74) is 1.14. The van der Waals surface area contributed by atoms with Crippen molar-refractivity contribution >= 4 is 35.1 Å². The SMILES string of the molecule is COC(=O)c1ccccc1NC(=O)C(C(=O)Nc1ccccc1C(=O)OC)c1ccccc1. The van der Waals surface area contributed by atoms with Gasteiger partial charge < -0.3 is 20.1 Å². The van der Waals surface area contributed by atoms with Gasteiger partial charge in [-0.2, -0.15) is 0 Å². The molecule has 0 fully saturated rings. The number of amides is 2. The summed E-state index contributed by atoms with van der Waals surface area (Å²) in [6.07, 6.45) is 0. The Balaban J connectivity index is 1.94. The minimum absolute atomic E-state index is 0.150. The standard InChI is InChI=1S/C25H22N2O6/c1-32-24(30)17-12-6-8-14-19(17)26-22(28)21(16-10-4-3-5-11-16)23(29)27-20-15-9-7-13-18(20)25(31)33-2/h3-15,21H,1-2H3,(H,26,28)(H,27,29). The van der Waals surface area contributed by atoms with E-state index < -0.39 is 29.7 Å². The topological polar surface area (TPSA) is 111 Å². The molecule has 8 nitrogen and oxygen atoms in total. The fraction of sp³-hybridized carbons (Fsp3) is 0.120. The molecule has 0 radical (unpaired) electrons. The van der Waals surface area contributed by atoms with E-state index in [0.29, 0.717) is 5.56 Å². The summed E-state index contributed by atoms with van der Waals surface area (Å²) in [7, 11) is 2.47. The summed E-state index contributed by atoms with van der Waals surface area (Å²) >= 11 is 0. The number of carbonyl (C=O) groups excluding carboxylic acids is 4. The van der Waals surface area contributed by atoms with E-state index >= 15 is 0 Å². The van der Waals surface area contributed by atoms with Crippen LogP contribution in [0.5, 0.6) is 0 Å². The van der Waals surface area contributed by atoms with Crippen LogP contribution in [0.1, 0.15) is 32.2 Å². The van der Waals surface area contributed by atoms with Gasteiger partial charge in [0.15, 0.2) is 0 Å². The molecule has 0 aromatic heterocycles. The summed E-state index contributed by atoms with van der Waals surface area (Å²) in [6.45, 7) is 0. The second-order valence-corrected chi connectivity index (χ2v) is 6.90. The molecule has 0 atom stereocenters. The van der Waals surface area contributed by atoms with Gasteiger partial charge in [-0.1, -0.05) is 54.6 Å². The van der Waals surface area contributed by atoms with Crippen molar-refractivity contribution in [3.05, 3.63) is 95.6 Å². The number of benzene rings is 3. The Bertz CT molecular complexity index is 1100. The Hall–Kier alpha value is -4.46. The number of nitrogens with one attached hydrogen (secondary N) is 2.